The van der Waals surface area contributed by atoms with Crippen LogP contribution in [0.15, 0.2) is 48.5 Å². The molecule has 0 heterocycles. The third-order valence-electron chi connectivity index (χ3n) is 3.92. The second-order valence-electron chi connectivity index (χ2n) is 5.95. The first-order chi connectivity index (χ1) is 12.8. The lowest BCUT2D eigenvalue weighted by Crippen LogP contribution is -2.38. The highest BCUT2D eigenvalue weighted by Gasteiger charge is 2.21. The highest BCUT2D eigenvalue weighted by molar-refractivity contribution is 7.88. The average Bonchev–Trinajstić information content (AvgIpc) is 2.67. The molecule has 7 nitrogen and oxygen atoms in total. The number of carbonyl (C=O) groups is 1. The molecule has 2 rings (SSSR count). The van der Waals surface area contributed by atoms with Gasteiger partial charge in [-0.05, 0) is 35.4 Å². The van der Waals surface area contributed by atoms with Crippen LogP contribution < -0.4 is 10.1 Å². The summed E-state index contributed by atoms with van der Waals surface area (Å²) in [6.07, 6.45) is 0. The number of amides is 1. The van der Waals surface area contributed by atoms with Crippen molar-refractivity contribution in [3.8, 4) is 11.8 Å². The molecular weight excluding hydrogens is 366 g/mol. The van der Waals surface area contributed by atoms with Crippen molar-refractivity contribution in [3.63, 3.8) is 0 Å². The molecule has 0 atom stereocenters. The number of hydrogen-bond acceptors (Lipinski definition) is 5. The maximum atomic E-state index is 12.4. The predicted molar refractivity (Wildman–Crippen MR) is 101 cm³/mol. The third-order valence-corrected chi connectivity index (χ3v) is 5.70. The molecule has 27 heavy (non-hydrogen) atoms. The zero-order valence-corrected chi connectivity index (χ0v) is 16.0. The van der Waals surface area contributed by atoms with Gasteiger partial charge in [0, 0.05) is 13.6 Å². The van der Waals surface area contributed by atoms with Gasteiger partial charge in [-0.3, -0.25) is 4.79 Å². The summed E-state index contributed by atoms with van der Waals surface area (Å²) in [7, 11) is -0.706. The van der Waals surface area contributed by atoms with Gasteiger partial charge in [-0.1, -0.05) is 24.3 Å². The first-order valence-corrected chi connectivity index (χ1v) is 9.77. The summed E-state index contributed by atoms with van der Waals surface area (Å²) in [5, 5.41) is 11.5. The lowest BCUT2D eigenvalue weighted by Gasteiger charge is -2.17. The fourth-order valence-corrected chi connectivity index (χ4v) is 3.44. The van der Waals surface area contributed by atoms with E-state index in [-0.39, 0.29) is 12.3 Å². The maximum absolute atomic E-state index is 12.4. The molecule has 0 spiro atoms. The number of rotatable bonds is 8. The molecule has 1 amide bonds. The van der Waals surface area contributed by atoms with Crippen molar-refractivity contribution in [1.29, 1.82) is 5.26 Å². The Hall–Kier alpha value is -2.89. The Morgan fingerprint density at radius 3 is 2.26 bits per heavy atom. The summed E-state index contributed by atoms with van der Waals surface area (Å²) >= 11 is 0. The molecule has 0 saturated carbocycles. The Labute approximate surface area is 159 Å². The minimum Gasteiger partial charge on any atom is -0.497 e. The molecule has 0 aliphatic rings. The van der Waals surface area contributed by atoms with Crippen LogP contribution in [0, 0.1) is 11.3 Å². The van der Waals surface area contributed by atoms with Crippen molar-refractivity contribution in [1.82, 2.24) is 9.62 Å². The van der Waals surface area contributed by atoms with Crippen molar-refractivity contribution in [2.45, 2.75) is 12.3 Å². The minimum atomic E-state index is -3.65. The van der Waals surface area contributed by atoms with Gasteiger partial charge in [0.2, 0.25) is 15.9 Å². The molecule has 0 unspecified atom stereocenters. The zero-order chi connectivity index (χ0) is 19.9. The molecule has 0 aliphatic carbocycles. The molecule has 8 heteroatoms. The van der Waals surface area contributed by atoms with Crippen LogP contribution in [0.2, 0.25) is 0 Å². The van der Waals surface area contributed by atoms with Gasteiger partial charge in [-0.15, -0.1) is 0 Å². The van der Waals surface area contributed by atoms with Gasteiger partial charge in [0.15, 0.2) is 0 Å². The van der Waals surface area contributed by atoms with E-state index in [1.54, 1.807) is 43.5 Å². The molecule has 2 aromatic carbocycles. The molecule has 0 fully saturated rings. The third kappa shape index (κ3) is 6.09. The summed E-state index contributed by atoms with van der Waals surface area (Å²) < 4.78 is 30.9. The number of carbonyl (C=O) groups excluding carboxylic acids is 1. The highest BCUT2D eigenvalue weighted by atomic mass is 32.2. The first kappa shape index (κ1) is 20.4. The van der Waals surface area contributed by atoms with E-state index in [2.05, 4.69) is 5.32 Å². The maximum Gasteiger partial charge on any atom is 0.235 e. The van der Waals surface area contributed by atoms with E-state index in [1.165, 1.54) is 7.05 Å². The van der Waals surface area contributed by atoms with Crippen LogP contribution in [0.3, 0.4) is 0 Å². The summed E-state index contributed by atoms with van der Waals surface area (Å²) in [6.45, 7) is 0.0289. The molecule has 0 saturated heterocycles. The van der Waals surface area contributed by atoms with Crippen LogP contribution in [0.1, 0.15) is 16.7 Å². The smallest absolute Gasteiger partial charge is 0.235 e. The van der Waals surface area contributed by atoms with Crippen molar-refractivity contribution in [2.24, 2.45) is 0 Å². The van der Waals surface area contributed by atoms with E-state index < -0.39 is 15.9 Å². The Balaban J connectivity index is 1.88. The van der Waals surface area contributed by atoms with Crippen LogP contribution in [-0.2, 0) is 27.1 Å². The van der Waals surface area contributed by atoms with Crippen molar-refractivity contribution < 1.29 is 17.9 Å². The van der Waals surface area contributed by atoms with Gasteiger partial charge in [0.25, 0.3) is 0 Å². The molecule has 2 aromatic rings. The topological polar surface area (TPSA) is 99.5 Å². The zero-order valence-electron chi connectivity index (χ0n) is 15.2. The van der Waals surface area contributed by atoms with Gasteiger partial charge < -0.3 is 10.1 Å². The van der Waals surface area contributed by atoms with Crippen LogP contribution in [0.5, 0.6) is 5.75 Å². The van der Waals surface area contributed by atoms with Gasteiger partial charge in [-0.2, -0.15) is 9.57 Å². The predicted octanol–water partition coefficient (Wildman–Crippen LogP) is 1.64. The lowest BCUT2D eigenvalue weighted by atomic mass is 10.2. The number of ether oxygens (including phenoxy) is 1. The normalized spacial score (nSPS) is 11.0. The molecule has 0 bridgehead atoms. The van der Waals surface area contributed by atoms with Gasteiger partial charge in [0.1, 0.15) is 5.75 Å². The summed E-state index contributed by atoms with van der Waals surface area (Å²) in [5.74, 6) is 0.0939. The molecule has 1 N–H and O–H groups in total. The Morgan fingerprint density at radius 2 is 1.70 bits per heavy atom. The van der Waals surface area contributed by atoms with Crippen molar-refractivity contribution >= 4 is 15.9 Å². The van der Waals surface area contributed by atoms with Gasteiger partial charge in [0.05, 0.1) is 31.0 Å². The number of methoxy groups -OCH3 is 1. The minimum absolute atomic E-state index is 0.235. The summed E-state index contributed by atoms with van der Waals surface area (Å²) in [4.78, 5) is 12.1. The van der Waals surface area contributed by atoms with Crippen molar-refractivity contribution in [2.75, 3.05) is 20.7 Å². The van der Waals surface area contributed by atoms with Gasteiger partial charge >= 0.3 is 0 Å². The number of likely N-dealkylation sites (N-methyl/N-ethyl adjacent to an activating group) is 1. The van der Waals surface area contributed by atoms with E-state index in [4.69, 9.17) is 10.00 Å². The molecule has 0 aliphatic heterocycles. The largest absolute Gasteiger partial charge is 0.497 e. The van der Waals surface area contributed by atoms with E-state index in [0.29, 0.717) is 17.7 Å². The van der Waals surface area contributed by atoms with Crippen molar-refractivity contribution in [3.05, 3.63) is 65.2 Å². The Bertz CT molecular complexity index is 917. The number of nitriles is 1. The quantitative estimate of drug-likeness (QED) is 0.742. The fraction of sp³-hybridized carbons (Fsp3) is 0.263. The SMILES string of the molecule is COc1ccc(CNC(=O)CN(C)S(=O)(=O)Cc2ccc(C#N)cc2)cc1. The Kier molecular flexibility index (Phi) is 6.93. The van der Waals surface area contributed by atoms with E-state index in [0.717, 1.165) is 15.6 Å². The van der Waals surface area contributed by atoms with E-state index >= 15 is 0 Å². The van der Waals surface area contributed by atoms with E-state index in [1.807, 2.05) is 18.2 Å². The number of sulfonamides is 1. The van der Waals surface area contributed by atoms with E-state index in [9.17, 15) is 13.2 Å². The number of nitrogens with one attached hydrogen (secondary N) is 1. The second-order valence-corrected chi connectivity index (χ2v) is 8.02. The summed E-state index contributed by atoms with van der Waals surface area (Å²) in [6, 6.07) is 15.5. The fourth-order valence-electron chi connectivity index (χ4n) is 2.30. The molecule has 0 aromatic heterocycles. The van der Waals surface area contributed by atoms with Crippen LogP contribution in [-0.4, -0.2) is 39.3 Å². The van der Waals surface area contributed by atoms with Crippen LogP contribution in [0.25, 0.3) is 0 Å². The standard InChI is InChI=1S/C19H21N3O4S/c1-22(27(24,25)14-17-5-3-15(11-20)4-6-17)13-19(23)21-12-16-7-9-18(26-2)10-8-16/h3-10H,12-14H2,1-2H3,(H,21,23). The van der Waals surface area contributed by atoms with Crippen LogP contribution in [0.4, 0.5) is 0 Å². The Morgan fingerprint density at radius 1 is 1.11 bits per heavy atom. The second kappa shape index (κ2) is 9.16. The monoisotopic (exact) mass is 387 g/mol. The van der Waals surface area contributed by atoms with Crippen LogP contribution >= 0.6 is 0 Å². The summed E-state index contributed by atoms with van der Waals surface area (Å²) in [5.41, 5.74) is 1.90. The highest BCUT2D eigenvalue weighted by Crippen LogP contribution is 2.12. The number of nitrogens with zero attached hydrogens (tertiary/aromatic N) is 2. The number of benzene rings is 2. The van der Waals surface area contributed by atoms with Gasteiger partial charge in [-0.25, -0.2) is 8.42 Å². The molecule has 0 radical (unpaired) electrons. The average molecular weight is 387 g/mol. The first-order valence-electron chi connectivity index (χ1n) is 8.17. The molecule has 142 valence electrons. The molecular formula is C19H21N3O4S. The lowest BCUT2D eigenvalue weighted by molar-refractivity contribution is -0.121. The number of hydrogen-bond donors (Lipinski definition) is 1.